The summed E-state index contributed by atoms with van der Waals surface area (Å²) in [7, 11) is 0. The number of nitrogens with one attached hydrogen (secondary N) is 1. The van der Waals surface area contributed by atoms with E-state index in [1.807, 2.05) is 31.2 Å². The van der Waals surface area contributed by atoms with Gasteiger partial charge >= 0.3 is 0 Å². The third kappa shape index (κ3) is 4.60. The molecule has 0 aliphatic rings. The van der Waals surface area contributed by atoms with Crippen molar-refractivity contribution in [3.05, 3.63) is 29.8 Å². The molecule has 1 aromatic rings. The molecule has 1 rings (SSSR count). The summed E-state index contributed by atoms with van der Waals surface area (Å²) in [6, 6.07) is 7.75. The summed E-state index contributed by atoms with van der Waals surface area (Å²) < 4.78 is 5.49. The molecule has 0 heterocycles. The van der Waals surface area contributed by atoms with Crippen LogP contribution in [0.15, 0.2) is 24.3 Å². The molecular formula is C14H17NO2. The number of carbonyl (C=O) groups is 1. The van der Waals surface area contributed by atoms with Gasteiger partial charge in [0.2, 0.25) is 5.91 Å². The SMILES string of the molecule is C#CCNC(=O)CCc1ccccc1OCC. The molecule has 0 atom stereocenters. The number of aryl methyl sites for hydroxylation is 1. The second-order valence-corrected chi connectivity index (χ2v) is 3.52. The number of terminal acetylenes is 1. The number of carbonyl (C=O) groups excluding carboxylic acids is 1. The summed E-state index contributed by atoms with van der Waals surface area (Å²) in [6.45, 7) is 2.85. The van der Waals surface area contributed by atoms with Crippen molar-refractivity contribution in [1.29, 1.82) is 0 Å². The molecular weight excluding hydrogens is 214 g/mol. The Morgan fingerprint density at radius 2 is 2.24 bits per heavy atom. The van der Waals surface area contributed by atoms with Gasteiger partial charge in [-0.15, -0.1) is 6.42 Å². The Hall–Kier alpha value is -1.95. The van der Waals surface area contributed by atoms with Gasteiger partial charge in [-0.05, 0) is 25.0 Å². The van der Waals surface area contributed by atoms with Crippen LogP contribution < -0.4 is 10.1 Å². The van der Waals surface area contributed by atoms with Gasteiger partial charge in [0.25, 0.3) is 0 Å². The molecule has 0 fully saturated rings. The van der Waals surface area contributed by atoms with E-state index in [9.17, 15) is 4.79 Å². The van der Waals surface area contributed by atoms with Gasteiger partial charge in [0.15, 0.2) is 0 Å². The van der Waals surface area contributed by atoms with Crippen molar-refractivity contribution in [2.45, 2.75) is 19.8 Å². The predicted molar refractivity (Wildman–Crippen MR) is 67.8 cm³/mol. The topological polar surface area (TPSA) is 38.3 Å². The number of rotatable bonds is 6. The van der Waals surface area contributed by atoms with Crippen LogP contribution in [0, 0.1) is 12.3 Å². The van der Waals surface area contributed by atoms with Gasteiger partial charge in [0.1, 0.15) is 5.75 Å². The minimum atomic E-state index is -0.0331. The highest BCUT2D eigenvalue weighted by molar-refractivity contribution is 5.76. The molecule has 0 radical (unpaired) electrons. The molecule has 0 unspecified atom stereocenters. The lowest BCUT2D eigenvalue weighted by Gasteiger charge is -2.09. The zero-order valence-electron chi connectivity index (χ0n) is 10.0. The van der Waals surface area contributed by atoms with Gasteiger partial charge < -0.3 is 10.1 Å². The Labute approximate surface area is 102 Å². The average molecular weight is 231 g/mol. The summed E-state index contributed by atoms with van der Waals surface area (Å²) in [5, 5.41) is 2.64. The molecule has 1 N–H and O–H groups in total. The number of para-hydroxylation sites is 1. The van der Waals surface area contributed by atoms with E-state index in [0.29, 0.717) is 19.4 Å². The largest absolute Gasteiger partial charge is 0.494 e. The van der Waals surface area contributed by atoms with Crippen molar-refractivity contribution >= 4 is 5.91 Å². The summed E-state index contributed by atoms with van der Waals surface area (Å²) in [4.78, 5) is 11.4. The van der Waals surface area contributed by atoms with E-state index in [-0.39, 0.29) is 12.5 Å². The third-order valence-electron chi connectivity index (χ3n) is 2.28. The fraction of sp³-hybridized carbons (Fsp3) is 0.357. The lowest BCUT2D eigenvalue weighted by Crippen LogP contribution is -2.23. The molecule has 0 saturated carbocycles. The van der Waals surface area contributed by atoms with Gasteiger partial charge in [0, 0.05) is 6.42 Å². The maximum absolute atomic E-state index is 11.4. The molecule has 0 aliphatic carbocycles. The highest BCUT2D eigenvalue weighted by Crippen LogP contribution is 2.19. The van der Waals surface area contributed by atoms with Crippen LogP contribution in [-0.2, 0) is 11.2 Å². The van der Waals surface area contributed by atoms with Crippen molar-refractivity contribution < 1.29 is 9.53 Å². The Morgan fingerprint density at radius 3 is 2.94 bits per heavy atom. The molecule has 1 amide bonds. The zero-order chi connectivity index (χ0) is 12.5. The van der Waals surface area contributed by atoms with Crippen molar-refractivity contribution in [1.82, 2.24) is 5.32 Å². The van der Waals surface area contributed by atoms with Crippen LogP contribution in [0.3, 0.4) is 0 Å². The van der Waals surface area contributed by atoms with Gasteiger partial charge in [-0.2, -0.15) is 0 Å². The number of hydrogen-bond acceptors (Lipinski definition) is 2. The number of ether oxygens (including phenoxy) is 1. The zero-order valence-corrected chi connectivity index (χ0v) is 10.0. The molecule has 0 bridgehead atoms. The first-order valence-corrected chi connectivity index (χ1v) is 5.68. The molecule has 90 valence electrons. The van der Waals surface area contributed by atoms with Crippen LogP contribution in [0.1, 0.15) is 18.9 Å². The van der Waals surface area contributed by atoms with Gasteiger partial charge in [0.05, 0.1) is 13.2 Å². The molecule has 17 heavy (non-hydrogen) atoms. The van der Waals surface area contributed by atoms with Crippen molar-refractivity contribution in [2.24, 2.45) is 0 Å². The van der Waals surface area contributed by atoms with E-state index in [1.54, 1.807) is 0 Å². The van der Waals surface area contributed by atoms with E-state index in [2.05, 4.69) is 11.2 Å². The predicted octanol–water partition coefficient (Wildman–Crippen LogP) is 1.77. The maximum Gasteiger partial charge on any atom is 0.221 e. The Bertz CT molecular complexity index is 407. The minimum Gasteiger partial charge on any atom is -0.494 e. The highest BCUT2D eigenvalue weighted by atomic mass is 16.5. The van der Waals surface area contributed by atoms with E-state index < -0.39 is 0 Å². The van der Waals surface area contributed by atoms with Crippen LogP contribution >= 0.6 is 0 Å². The summed E-state index contributed by atoms with van der Waals surface area (Å²) >= 11 is 0. The van der Waals surface area contributed by atoms with Crippen molar-refractivity contribution in [3.8, 4) is 18.1 Å². The van der Waals surface area contributed by atoms with E-state index in [0.717, 1.165) is 11.3 Å². The van der Waals surface area contributed by atoms with Gasteiger partial charge in [-0.1, -0.05) is 24.1 Å². The molecule has 0 aromatic heterocycles. The average Bonchev–Trinajstić information content (AvgIpc) is 2.35. The summed E-state index contributed by atoms with van der Waals surface area (Å²) in [6.07, 6.45) is 6.14. The Balaban J connectivity index is 2.51. The quantitative estimate of drug-likeness (QED) is 0.758. The smallest absolute Gasteiger partial charge is 0.221 e. The van der Waals surface area contributed by atoms with Crippen LogP contribution in [-0.4, -0.2) is 19.1 Å². The molecule has 0 aliphatic heterocycles. The van der Waals surface area contributed by atoms with Crippen LogP contribution in [0.25, 0.3) is 0 Å². The maximum atomic E-state index is 11.4. The number of amides is 1. The van der Waals surface area contributed by atoms with Gasteiger partial charge in [-0.3, -0.25) is 4.79 Å². The van der Waals surface area contributed by atoms with Crippen molar-refractivity contribution in [2.75, 3.05) is 13.2 Å². The van der Waals surface area contributed by atoms with Crippen LogP contribution in [0.4, 0.5) is 0 Å². The van der Waals surface area contributed by atoms with Gasteiger partial charge in [-0.25, -0.2) is 0 Å². The molecule has 0 spiro atoms. The Morgan fingerprint density at radius 1 is 1.47 bits per heavy atom. The first-order chi connectivity index (χ1) is 8.27. The standard InChI is InChI=1S/C14H17NO2/c1-3-11-15-14(16)10-9-12-7-5-6-8-13(12)17-4-2/h1,5-8H,4,9-11H2,2H3,(H,15,16). The highest BCUT2D eigenvalue weighted by Gasteiger charge is 2.05. The summed E-state index contributed by atoms with van der Waals surface area (Å²) in [5.41, 5.74) is 1.05. The summed E-state index contributed by atoms with van der Waals surface area (Å²) in [5.74, 6) is 3.19. The molecule has 0 saturated heterocycles. The second kappa shape index (κ2) is 7.34. The Kier molecular flexibility index (Phi) is 5.67. The van der Waals surface area contributed by atoms with E-state index in [4.69, 9.17) is 11.2 Å². The molecule has 1 aromatic carbocycles. The van der Waals surface area contributed by atoms with Crippen molar-refractivity contribution in [3.63, 3.8) is 0 Å². The van der Waals surface area contributed by atoms with Crippen LogP contribution in [0.5, 0.6) is 5.75 Å². The number of hydrogen-bond donors (Lipinski definition) is 1. The normalized spacial score (nSPS) is 9.41. The molecule has 3 nitrogen and oxygen atoms in total. The van der Waals surface area contributed by atoms with E-state index >= 15 is 0 Å². The third-order valence-corrected chi connectivity index (χ3v) is 2.28. The first kappa shape index (κ1) is 13.1. The molecule has 3 heteroatoms. The minimum absolute atomic E-state index is 0.0331. The second-order valence-electron chi connectivity index (χ2n) is 3.52. The van der Waals surface area contributed by atoms with Crippen LogP contribution in [0.2, 0.25) is 0 Å². The monoisotopic (exact) mass is 231 g/mol. The lowest BCUT2D eigenvalue weighted by atomic mass is 10.1. The first-order valence-electron chi connectivity index (χ1n) is 5.68. The fourth-order valence-electron chi connectivity index (χ4n) is 1.49. The fourth-order valence-corrected chi connectivity index (χ4v) is 1.49. The number of benzene rings is 1. The lowest BCUT2D eigenvalue weighted by molar-refractivity contribution is -0.120. The van der Waals surface area contributed by atoms with E-state index in [1.165, 1.54) is 0 Å².